The normalized spacial score (nSPS) is 11.9. The van der Waals surface area contributed by atoms with Gasteiger partial charge in [-0.05, 0) is 9.05 Å². The van der Waals surface area contributed by atoms with Gasteiger partial charge in [-0.3, -0.25) is 4.89 Å². The molecule has 44 valence electrons. The zero-order valence-corrected chi connectivity index (χ0v) is 3.77. The van der Waals surface area contributed by atoms with Crippen LogP contribution in [-0.4, -0.2) is 4.89 Å². The molecule has 0 unspecified atom stereocenters. The molecular formula is HF2O4P. The molecule has 0 aliphatic carbocycles. The maximum absolute atomic E-state index is 10.4. The summed E-state index contributed by atoms with van der Waals surface area (Å²) in [5, 5.41) is 0. The third kappa shape index (κ3) is 2.64. The van der Waals surface area contributed by atoms with E-state index in [2.05, 4.69) is 9.46 Å². The summed E-state index contributed by atoms with van der Waals surface area (Å²) in [5.74, 6) is 0. The Hall–Kier alpha value is -0.0300. The first-order valence-corrected chi connectivity index (χ1v) is 2.55. The Morgan fingerprint density at radius 2 is 1.71 bits per heavy atom. The fourth-order valence-corrected chi connectivity index (χ4v) is 0.0319. The van der Waals surface area contributed by atoms with Crippen molar-refractivity contribution in [2.24, 2.45) is 0 Å². The summed E-state index contributed by atoms with van der Waals surface area (Å²) in [6, 6.07) is 0. The smallest absolute Gasteiger partial charge is 0.299 e. The van der Waals surface area contributed by atoms with E-state index in [4.69, 9.17) is 4.89 Å². The van der Waals surface area contributed by atoms with Gasteiger partial charge in [0.1, 0.15) is 0 Å². The van der Waals surface area contributed by atoms with E-state index in [0.29, 0.717) is 0 Å². The number of rotatable bonds is 2. The molecule has 0 bridgehead atoms. The lowest BCUT2D eigenvalue weighted by atomic mass is 15.5. The Morgan fingerprint density at radius 1 is 1.43 bits per heavy atom. The lowest BCUT2D eigenvalue weighted by Crippen LogP contribution is -1.75. The van der Waals surface area contributed by atoms with Gasteiger partial charge in [-0.25, -0.2) is 4.57 Å². The van der Waals surface area contributed by atoms with Gasteiger partial charge < -0.3 is 0 Å². The predicted octanol–water partition coefficient (Wildman–Crippen LogP) is 0.889. The van der Waals surface area contributed by atoms with Crippen LogP contribution in [0.25, 0.3) is 0 Å². The van der Waals surface area contributed by atoms with E-state index < -0.39 is 7.82 Å². The molecule has 0 atom stereocenters. The first-order chi connectivity index (χ1) is 3.12. The summed E-state index contributed by atoms with van der Waals surface area (Å²) >= 11 is 0. The molecule has 7 heavy (non-hydrogen) atoms. The van der Waals surface area contributed by atoms with E-state index >= 15 is 0 Å². The van der Waals surface area contributed by atoms with E-state index in [9.17, 15) is 13.6 Å². The second kappa shape index (κ2) is 2.32. The van der Waals surface area contributed by atoms with Crippen LogP contribution in [0, 0.1) is 0 Å². The summed E-state index contributed by atoms with van der Waals surface area (Å²) in [6.45, 7) is 0. The molecule has 7 heteroatoms. The van der Waals surface area contributed by atoms with Crippen LogP contribution in [0.2, 0.25) is 0 Å². The molecule has 0 saturated carbocycles. The van der Waals surface area contributed by atoms with Crippen LogP contribution < -0.4 is 0 Å². The van der Waals surface area contributed by atoms with Gasteiger partial charge in [-0.1, -0.05) is 9.46 Å². The van der Waals surface area contributed by atoms with Crippen LogP contribution in [0.4, 0.5) is 9.05 Å². The zero-order valence-electron chi connectivity index (χ0n) is 2.88. The molecule has 0 aliphatic heterocycles. The van der Waals surface area contributed by atoms with Gasteiger partial charge in [-0.2, -0.15) is 0 Å². The molecule has 4 nitrogen and oxygen atoms in total. The summed E-state index contributed by atoms with van der Waals surface area (Å²) in [5.41, 5.74) is 0. The largest absolute Gasteiger partial charge is 0.534 e. The van der Waals surface area contributed by atoms with Gasteiger partial charge in [0, 0.05) is 0 Å². The molecule has 0 spiro atoms. The van der Waals surface area contributed by atoms with Crippen molar-refractivity contribution >= 4 is 7.82 Å². The van der Waals surface area contributed by atoms with Crippen molar-refractivity contribution in [3.05, 3.63) is 0 Å². The second-order valence-corrected chi connectivity index (χ2v) is 1.82. The van der Waals surface area contributed by atoms with Crippen LogP contribution in [0.15, 0.2) is 0 Å². The highest BCUT2D eigenvalue weighted by molar-refractivity contribution is 7.47. The summed E-state index contributed by atoms with van der Waals surface area (Å²) in [4.78, 5) is 7.49. The summed E-state index contributed by atoms with van der Waals surface area (Å²) in [6.07, 6.45) is 0. The van der Waals surface area contributed by atoms with Gasteiger partial charge in [0.05, 0.1) is 0 Å². The third-order valence-corrected chi connectivity index (χ3v) is 0.523. The predicted molar refractivity (Wildman–Crippen MR) is 14.2 cm³/mol. The van der Waals surface area contributed by atoms with E-state index in [1.807, 2.05) is 0 Å². The topological polar surface area (TPSA) is 55.8 Å². The fourth-order valence-electron chi connectivity index (χ4n) is 0.0106. The molecular weight excluding hydrogens is 133 g/mol. The quantitative estimate of drug-likeness (QED) is 0.569. The lowest BCUT2D eigenvalue weighted by Gasteiger charge is -1.91. The molecule has 0 aromatic rings. The monoisotopic (exact) mass is 134 g/mol. The average molecular weight is 134 g/mol. The SMILES string of the molecule is O=P(O)(OF)OF. The maximum atomic E-state index is 10.4. The molecule has 1 N–H and O–H groups in total. The Kier molecular flexibility index (Phi) is 2.31. The molecule has 0 heterocycles. The first-order valence-electron chi connectivity index (χ1n) is 1.06. The highest BCUT2D eigenvalue weighted by atomic mass is 31.2. The molecule has 0 saturated heterocycles. The standard InChI is InChI=1S/F2HO4P/c1-5-7(3,4)6-2/h(H,3,4). The Labute approximate surface area is 37.1 Å². The van der Waals surface area contributed by atoms with Gasteiger partial charge in [0.25, 0.3) is 0 Å². The molecule has 0 fully saturated rings. The van der Waals surface area contributed by atoms with Crippen molar-refractivity contribution < 1.29 is 28.0 Å². The van der Waals surface area contributed by atoms with Crippen molar-refractivity contribution in [2.75, 3.05) is 0 Å². The minimum Gasteiger partial charge on any atom is -0.299 e. The lowest BCUT2D eigenvalue weighted by molar-refractivity contribution is -0.110. The number of hydrogen-bond acceptors (Lipinski definition) is 3. The minimum absolute atomic E-state index is 2.10. The fraction of sp³-hybridized carbons (Fsp3) is 0. The van der Waals surface area contributed by atoms with E-state index in [-0.39, 0.29) is 0 Å². The number of halogens is 2. The van der Waals surface area contributed by atoms with Crippen molar-refractivity contribution in [3.8, 4) is 0 Å². The van der Waals surface area contributed by atoms with Gasteiger partial charge in [0.2, 0.25) is 0 Å². The van der Waals surface area contributed by atoms with Crippen molar-refractivity contribution in [3.63, 3.8) is 0 Å². The van der Waals surface area contributed by atoms with Crippen LogP contribution in [0.3, 0.4) is 0 Å². The molecule has 0 aromatic carbocycles. The van der Waals surface area contributed by atoms with Crippen LogP contribution >= 0.6 is 7.82 Å². The molecule has 0 radical (unpaired) electrons. The Balaban J connectivity index is 3.61. The Morgan fingerprint density at radius 3 is 1.71 bits per heavy atom. The highest BCUT2D eigenvalue weighted by Gasteiger charge is 2.22. The molecule has 0 aromatic heterocycles. The van der Waals surface area contributed by atoms with Crippen LogP contribution in [0.5, 0.6) is 0 Å². The minimum atomic E-state index is -4.99. The van der Waals surface area contributed by atoms with E-state index in [1.165, 1.54) is 0 Å². The zero-order chi connectivity index (χ0) is 5.91. The van der Waals surface area contributed by atoms with Crippen LogP contribution in [0.1, 0.15) is 0 Å². The molecule has 0 rings (SSSR count). The van der Waals surface area contributed by atoms with Crippen molar-refractivity contribution in [2.45, 2.75) is 0 Å². The highest BCUT2D eigenvalue weighted by Crippen LogP contribution is 2.43. The van der Waals surface area contributed by atoms with E-state index in [0.717, 1.165) is 0 Å². The maximum Gasteiger partial charge on any atom is 0.534 e. The summed E-state index contributed by atoms with van der Waals surface area (Å²) < 4.78 is 34.3. The summed E-state index contributed by atoms with van der Waals surface area (Å²) in [7, 11) is -4.99. The van der Waals surface area contributed by atoms with Crippen molar-refractivity contribution in [1.82, 2.24) is 0 Å². The van der Waals surface area contributed by atoms with Gasteiger partial charge in [0.15, 0.2) is 0 Å². The Bertz CT molecular complexity index is 81.7. The van der Waals surface area contributed by atoms with E-state index in [1.54, 1.807) is 0 Å². The van der Waals surface area contributed by atoms with Gasteiger partial charge >= 0.3 is 7.82 Å². The van der Waals surface area contributed by atoms with Crippen LogP contribution in [-0.2, 0) is 14.0 Å². The number of hydrogen-bond donors (Lipinski definition) is 1. The average Bonchev–Trinajstić information content (AvgIpc) is 1.68. The first kappa shape index (κ1) is 6.97. The molecule has 0 amide bonds. The second-order valence-electron chi connectivity index (χ2n) is 0.607. The molecule has 0 aliphatic rings. The number of phosphoric acid groups is 1. The van der Waals surface area contributed by atoms with Crippen molar-refractivity contribution in [1.29, 1.82) is 0 Å². The third-order valence-electron chi connectivity index (χ3n) is 0.174. The van der Waals surface area contributed by atoms with Gasteiger partial charge in [-0.15, -0.1) is 0 Å².